The maximum atomic E-state index is 13.3. The smallest absolute Gasteiger partial charge is 0.327 e. The number of aryl methyl sites for hydroxylation is 1. The number of benzene rings is 2. The lowest BCUT2D eigenvalue weighted by Gasteiger charge is -2.27. The maximum absolute atomic E-state index is 13.3. The molecule has 0 fully saturated rings. The van der Waals surface area contributed by atoms with Gasteiger partial charge in [-0.25, -0.2) is 4.79 Å². The van der Waals surface area contributed by atoms with E-state index in [0.29, 0.717) is 30.7 Å². The van der Waals surface area contributed by atoms with Crippen LogP contribution in [0.2, 0.25) is 0 Å². The predicted molar refractivity (Wildman–Crippen MR) is 117 cm³/mol. The van der Waals surface area contributed by atoms with Crippen LogP contribution in [-0.4, -0.2) is 40.7 Å². The van der Waals surface area contributed by atoms with Crippen LogP contribution in [0.25, 0.3) is 0 Å². The molecule has 0 aliphatic carbocycles. The molecule has 2 aromatic carbocycles. The maximum Gasteiger partial charge on any atom is 0.327 e. The highest BCUT2D eigenvalue weighted by atomic mass is 32.1. The van der Waals surface area contributed by atoms with Crippen molar-refractivity contribution in [3.63, 3.8) is 0 Å². The van der Waals surface area contributed by atoms with Crippen molar-refractivity contribution in [3.8, 4) is 0 Å². The first-order valence-corrected chi connectivity index (χ1v) is 10.7. The number of carbonyl (C=O) groups is 3. The summed E-state index contributed by atoms with van der Waals surface area (Å²) in [5, 5.41) is 12.6. The summed E-state index contributed by atoms with van der Waals surface area (Å²) in [6.07, 6.45) is 1.86. The van der Waals surface area contributed by atoms with Crippen LogP contribution in [-0.2, 0) is 33.6 Å². The number of anilines is 1. The summed E-state index contributed by atoms with van der Waals surface area (Å²) in [5.74, 6) is -1.64. The zero-order chi connectivity index (χ0) is 21.3. The van der Waals surface area contributed by atoms with Crippen molar-refractivity contribution >= 4 is 36.1 Å². The summed E-state index contributed by atoms with van der Waals surface area (Å²) >= 11 is 4.34. The van der Waals surface area contributed by atoms with Gasteiger partial charge in [0.05, 0.1) is 11.6 Å². The quantitative estimate of drug-likeness (QED) is 0.621. The van der Waals surface area contributed by atoms with Crippen LogP contribution in [0.4, 0.5) is 5.69 Å². The number of nitrogens with one attached hydrogen (secondary N) is 1. The number of carboxylic acids is 1. The van der Waals surface area contributed by atoms with E-state index in [1.807, 2.05) is 48.5 Å². The van der Waals surface area contributed by atoms with Crippen molar-refractivity contribution in [1.82, 2.24) is 5.32 Å². The van der Waals surface area contributed by atoms with E-state index in [1.165, 1.54) is 4.90 Å². The minimum absolute atomic E-state index is 0.232. The van der Waals surface area contributed by atoms with Crippen molar-refractivity contribution in [1.29, 1.82) is 0 Å². The van der Waals surface area contributed by atoms with Gasteiger partial charge < -0.3 is 10.4 Å². The third-order valence-electron chi connectivity index (χ3n) is 5.92. The van der Waals surface area contributed by atoms with E-state index in [2.05, 4.69) is 17.9 Å². The number of carboxylic acid groups (broad SMARTS) is 1. The van der Waals surface area contributed by atoms with Gasteiger partial charge in [-0.15, -0.1) is 0 Å². The number of thiol groups is 1. The van der Waals surface area contributed by atoms with Gasteiger partial charge in [0.15, 0.2) is 0 Å². The SMILES string of the molecule is O=C(N[C@H]1CCc2cccc3c2N(C1=O)[C@H](C(=O)O)C3)C(CS)Cc1ccccc1. The van der Waals surface area contributed by atoms with Crippen molar-refractivity contribution in [2.45, 2.75) is 37.8 Å². The molecular weight excluding hydrogens is 400 g/mol. The average Bonchev–Trinajstić information content (AvgIpc) is 3.09. The Balaban J connectivity index is 1.55. The van der Waals surface area contributed by atoms with Crippen LogP contribution in [0.5, 0.6) is 0 Å². The van der Waals surface area contributed by atoms with Crippen LogP contribution >= 0.6 is 12.6 Å². The molecule has 2 aliphatic rings. The summed E-state index contributed by atoms with van der Waals surface area (Å²) in [6.45, 7) is 0. The normalized spacial score (nSPS) is 21.0. The van der Waals surface area contributed by atoms with E-state index in [0.717, 1.165) is 16.7 Å². The Bertz CT molecular complexity index is 978. The number of hydrogen-bond donors (Lipinski definition) is 3. The summed E-state index contributed by atoms with van der Waals surface area (Å²) in [7, 11) is 0. The average molecular weight is 425 g/mol. The molecule has 0 aromatic heterocycles. The summed E-state index contributed by atoms with van der Waals surface area (Å²) in [4.78, 5) is 39.5. The Kier molecular flexibility index (Phi) is 5.81. The Morgan fingerprint density at radius 1 is 1.13 bits per heavy atom. The number of hydrogen-bond acceptors (Lipinski definition) is 4. The molecule has 2 N–H and O–H groups in total. The Hall–Kier alpha value is -2.80. The highest BCUT2D eigenvalue weighted by Gasteiger charge is 2.44. The van der Waals surface area contributed by atoms with E-state index in [1.54, 1.807) is 0 Å². The van der Waals surface area contributed by atoms with Gasteiger partial charge in [-0.2, -0.15) is 12.6 Å². The molecule has 0 saturated carbocycles. The van der Waals surface area contributed by atoms with Gasteiger partial charge in [-0.1, -0.05) is 48.5 Å². The summed E-state index contributed by atoms with van der Waals surface area (Å²) in [5.41, 5.74) is 3.57. The fraction of sp³-hybridized carbons (Fsp3) is 0.348. The number of amides is 2. The molecule has 2 heterocycles. The van der Waals surface area contributed by atoms with Crippen molar-refractivity contribution in [3.05, 3.63) is 65.2 Å². The van der Waals surface area contributed by atoms with Crippen LogP contribution in [0.1, 0.15) is 23.1 Å². The zero-order valence-corrected chi connectivity index (χ0v) is 17.3. The van der Waals surface area contributed by atoms with E-state index in [-0.39, 0.29) is 24.2 Å². The van der Waals surface area contributed by atoms with Gasteiger partial charge in [0.1, 0.15) is 12.1 Å². The molecule has 30 heavy (non-hydrogen) atoms. The molecule has 2 aliphatic heterocycles. The minimum Gasteiger partial charge on any atom is -0.480 e. The first kappa shape index (κ1) is 20.5. The second kappa shape index (κ2) is 8.52. The molecule has 3 atom stereocenters. The largest absolute Gasteiger partial charge is 0.480 e. The molecule has 2 amide bonds. The molecule has 0 radical (unpaired) electrons. The number of nitrogens with zero attached hydrogens (tertiary/aromatic N) is 1. The molecule has 1 unspecified atom stereocenters. The predicted octanol–water partition coefficient (Wildman–Crippen LogP) is 2.25. The van der Waals surface area contributed by atoms with Crippen LogP contribution in [0.15, 0.2) is 48.5 Å². The van der Waals surface area contributed by atoms with Gasteiger partial charge in [-0.3, -0.25) is 14.5 Å². The highest BCUT2D eigenvalue weighted by Crippen LogP contribution is 2.39. The van der Waals surface area contributed by atoms with Crippen molar-refractivity contribution in [2.24, 2.45) is 5.92 Å². The van der Waals surface area contributed by atoms with Crippen molar-refractivity contribution < 1.29 is 19.5 Å². The second-order valence-electron chi connectivity index (χ2n) is 7.86. The summed E-state index contributed by atoms with van der Waals surface area (Å²) < 4.78 is 0. The second-order valence-corrected chi connectivity index (χ2v) is 8.23. The Morgan fingerprint density at radius 2 is 1.87 bits per heavy atom. The molecule has 4 rings (SSSR count). The number of carbonyl (C=O) groups excluding carboxylic acids is 2. The molecule has 2 aromatic rings. The molecule has 6 nitrogen and oxygen atoms in total. The van der Waals surface area contributed by atoms with E-state index < -0.39 is 18.1 Å². The monoisotopic (exact) mass is 424 g/mol. The number of rotatable bonds is 6. The highest BCUT2D eigenvalue weighted by molar-refractivity contribution is 7.80. The topological polar surface area (TPSA) is 86.7 Å². The molecule has 156 valence electrons. The fourth-order valence-corrected chi connectivity index (χ4v) is 4.69. The van der Waals surface area contributed by atoms with Gasteiger partial charge in [-0.05, 0) is 36.0 Å². The van der Waals surface area contributed by atoms with Crippen LogP contribution < -0.4 is 10.2 Å². The zero-order valence-electron chi connectivity index (χ0n) is 16.5. The minimum atomic E-state index is -1.03. The Labute approximate surface area is 180 Å². The number of aliphatic carboxylic acids is 1. The molecule has 0 bridgehead atoms. The van der Waals surface area contributed by atoms with Crippen LogP contribution in [0.3, 0.4) is 0 Å². The standard InChI is InChI=1S/C23H24N2O4S/c26-21(17(13-30)11-14-5-2-1-3-6-14)24-18-10-9-15-7-4-8-16-12-19(23(28)29)25(20(15)16)22(18)27/h1-8,17-19,30H,9-13H2,(H,24,26)(H,28,29)/t17?,18-,19-/m0/s1. The van der Waals surface area contributed by atoms with E-state index in [9.17, 15) is 19.5 Å². The fourth-order valence-electron chi connectivity index (χ4n) is 4.39. The van der Waals surface area contributed by atoms with Crippen molar-refractivity contribution in [2.75, 3.05) is 10.7 Å². The third kappa shape index (κ3) is 3.81. The van der Waals surface area contributed by atoms with E-state index >= 15 is 0 Å². The van der Waals surface area contributed by atoms with Crippen LogP contribution in [0, 0.1) is 5.92 Å². The first-order chi connectivity index (χ1) is 14.5. The summed E-state index contributed by atoms with van der Waals surface area (Å²) in [6, 6.07) is 13.7. The lowest BCUT2D eigenvalue weighted by atomic mass is 9.98. The molecule has 7 heteroatoms. The van der Waals surface area contributed by atoms with Gasteiger partial charge in [0.2, 0.25) is 11.8 Å². The van der Waals surface area contributed by atoms with Gasteiger partial charge >= 0.3 is 5.97 Å². The molecular formula is C23H24N2O4S. The van der Waals surface area contributed by atoms with Gasteiger partial charge in [0, 0.05) is 12.2 Å². The lowest BCUT2D eigenvalue weighted by Crippen LogP contribution is -2.53. The number of para-hydroxylation sites is 1. The molecule has 0 saturated heterocycles. The van der Waals surface area contributed by atoms with Gasteiger partial charge in [0.25, 0.3) is 0 Å². The lowest BCUT2D eigenvalue weighted by molar-refractivity contribution is -0.140. The third-order valence-corrected chi connectivity index (χ3v) is 6.37. The molecule has 0 spiro atoms. The van der Waals surface area contributed by atoms with E-state index in [4.69, 9.17) is 0 Å². The Morgan fingerprint density at radius 3 is 2.57 bits per heavy atom. The first-order valence-electron chi connectivity index (χ1n) is 10.1.